The van der Waals surface area contributed by atoms with Gasteiger partial charge in [-0.15, -0.1) is 12.4 Å². The fraction of sp³-hybridized carbons (Fsp3) is 0.875. The Kier molecular flexibility index (Phi) is 6.11. The van der Waals surface area contributed by atoms with Crippen molar-refractivity contribution in [2.75, 3.05) is 13.1 Å². The van der Waals surface area contributed by atoms with Crippen LogP contribution in [0, 0.1) is 5.92 Å². The number of aliphatic carboxylic acids is 1. The maximum absolute atomic E-state index is 10.6. The van der Waals surface area contributed by atoms with E-state index in [4.69, 9.17) is 5.11 Å². The van der Waals surface area contributed by atoms with E-state index >= 15 is 0 Å². The molecule has 0 aromatic carbocycles. The maximum atomic E-state index is 10.6. The molecular formula is C8H16ClNO2. The van der Waals surface area contributed by atoms with Gasteiger partial charge in [0.15, 0.2) is 0 Å². The summed E-state index contributed by atoms with van der Waals surface area (Å²) < 4.78 is 0. The maximum Gasteiger partial charge on any atom is 0.306 e. The third kappa shape index (κ3) is 3.93. The normalized spacial score (nSPS) is 20.3. The average Bonchev–Trinajstić information content (AvgIpc) is 1.84. The summed E-state index contributed by atoms with van der Waals surface area (Å²) in [5.74, 6) is -0.705. The van der Waals surface area contributed by atoms with E-state index in [9.17, 15) is 4.79 Å². The zero-order valence-electron chi connectivity index (χ0n) is 7.08. The van der Waals surface area contributed by atoms with Crippen LogP contribution >= 0.6 is 12.4 Å². The molecule has 3 nitrogen and oxygen atoms in total. The summed E-state index contributed by atoms with van der Waals surface area (Å²) in [6.45, 7) is 1.95. The molecule has 1 rings (SSSR count). The first-order valence-corrected chi connectivity index (χ1v) is 4.24. The van der Waals surface area contributed by atoms with Crippen molar-refractivity contribution in [2.45, 2.75) is 25.7 Å². The van der Waals surface area contributed by atoms with Crippen LogP contribution in [0.25, 0.3) is 0 Å². The minimum atomic E-state index is -0.619. The molecule has 0 radical (unpaired) electrons. The molecule has 1 saturated heterocycles. The molecule has 0 aromatic rings. The molecule has 0 saturated carbocycles. The second kappa shape index (κ2) is 6.26. The van der Waals surface area contributed by atoms with Gasteiger partial charge in [0.1, 0.15) is 0 Å². The van der Waals surface area contributed by atoms with Crippen molar-refractivity contribution in [2.24, 2.45) is 5.92 Å². The van der Waals surface area contributed by atoms with Gasteiger partial charge in [0.25, 0.3) is 0 Å². The Morgan fingerprint density at radius 2 is 1.75 bits per heavy atom. The minimum Gasteiger partial charge on any atom is -0.481 e. The van der Waals surface area contributed by atoms with E-state index < -0.39 is 5.97 Å². The van der Waals surface area contributed by atoms with Gasteiger partial charge in [0.2, 0.25) is 0 Å². The first kappa shape index (κ1) is 11.7. The quantitative estimate of drug-likeness (QED) is 0.660. The molecule has 0 spiro atoms. The third-order valence-corrected chi connectivity index (χ3v) is 2.16. The van der Waals surface area contributed by atoms with Gasteiger partial charge in [-0.1, -0.05) is 0 Å². The van der Waals surface area contributed by atoms with Crippen LogP contribution in [0.15, 0.2) is 0 Å². The molecule has 4 heteroatoms. The Bertz CT molecular complexity index is 133. The predicted molar refractivity (Wildman–Crippen MR) is 49.7 cm³/mol. The number of hydrogen-bond donors (Lipinski definition) is 2. The molecule has 72 valence electrons. The van der Waals surface area contributed by atoms with Gasteiger partial charge in [-0.05, 0) is 38.8 Å². The SMILES string of the molecule is Cl.O=C(O)C1CCCNCCC1. The Morgan fingerprint density at radius 3 is 2.17 bits per heavy atom. The summed E-state index contributed by atoms with van der Waals surface area (Å²) in [7, 11) is 0. The molecule has 12 heavy (non-hydrogen) atoms. The molecule has 0 bridgehead atoms. The zero-order valence-corrected chi connectivity index (χ0v) is 7.90. The van der Waals surface area contributed by atoms with Crippen LogP contribution in [0.4, 0.5) is 0 Å². The highest BCUT2D eigenvalue weighted by Crippen LogP contribution is 2.14. The van der Waals surface area contributed by atoms with E-state index in [1.807, 2.05) is 0 Å². The third-order valence-electron chi connectivity index (χ3n) is 2.16. The van der Waals surface area contributed by atoms with E-state index in [-0.39, 0.29) is 18.3 Å². The van der Waals surface area contributed by atoms with Crippen LogP contribution in [0.1, 0.15) is 25.7 Å². The summed E-state index contributed by atoms with van der Waals surface area (Å²) in [6, 6.07) is 0. The van der Waals surface area contributed by atoms with Crippen molar-refractivity contribution in [3.05, 3.63) is 0 Å². The zero-order chi connectivity index (χ0) is 8.10. The van der Waals surface area contributed by atoms with Crippen LogP contribution in [0.2, 0.25) is 0 Å². The molecule has 0 atom stereocenters. The lowest BCUT2D eigenvalue weighted by Crippen LogP contribution is -2.24. The predicted octanol–water partition coefficient (Wildman–Crippen LogP) is 1.27. The van der Waals surface area contributed by atoms with E-state index in [1.165, 1.54) is 0 Å². The number of hydrogen-bond acceptors (Lipinski definition) is 2. The molecule has 0 aliphatic carbocycles. The van der Waals surface area contributed by atoms with Crippen LogP contribution in [-0.4, -0.2) is 24.2 Å². The number of carboxylic acids is 1. The van der Waals surface area contributed by atoms with Gasteiger partial charge in [-0.2, -0.15) is 0 Å². The van der Waals surface area contributed by atoms with Crippen LogP contribution in [0.5, 0.6) is 0 Å². The van der Waals surface area contributed by atoms with E-state index in [0.717, 1.165) is 38.8 Å². The number of carbonyl (C=O) groups is 1. The molecule has 1 aliphatic rings. The monoisotopic (exact) mass is 193 g/mol. The molecule has 0 unspecified atom stereocenters. The van der Waals surface area contributed by atoms with Gasteiger partial charge in [-0.25, -0.2) is 0 Å². The molecule has 2 N–H and O–H groups in total. The lowest BCUT2D eigenvalue weighted by Gasteiger charge is -2.15. The molecule has 1 heterocycles. The highest BCUT2D eigenvalue weighted by Gasteiger charge is 2.17. The lowest BCUT2D eigenvalue weighted by molar-refractivity contribution is -0.142. The highest BCUT2D eigenvalue weighted by molar-refractivity contribution is 5.85. The van der Waals surface area contributed by atoms with Gasteiger partial charge >= 0.3 is 5.97 Å². The lowest BCUT2D eigenvalue weighted by atomic mass is 9.96. The fourth-order valence-electron chi connectivity index (χ4n) is 1.46. The molecule has 0 amide bonds. The smallest absolute Gasteiger partial charge is 0.306 e. The summed E-state index contributed by atoms with van der Waals surface area (Å²) in [6.07, 6.45) is 3.67. The molecule has 1 fully saturated rings. The van der Waals surface area contributed by atoms with Gasteiger partial charge < -0.3 is 10.4 Å². The number of halogens is 1. The van der Waals surface area contributed by atoms with Crippen molar-refractivity contribution >= 4 is 18.4 Å². The summed E-state index contributed by atoms with van der Waals surface area (Å²) in [4.78, 5) is 10.6. The van der Waals surface area contributed by atoms with Crippen molar-refractivity contribution < 1.29 is 9.90 Å². The van der Waals surface area contributed by atoms with Crippen LogP contribution in [-0.2, 0) is 4.79 Å². The highest BCUT2D eigenvalue weighted by atomic mass is 35.5. The minimum absolute atomic E-state index is 0. The van der Waals surface area contributed by atoms with Crippen LogP contribution < -0.4 is 5.32 Å². The summed E-state index contributed by atoms with van der Waals surface area (Å²) in [5, 5.41) is 12.0. The number of rotatable bonds is 1. The average molecular weight is 194 g/mol. The summed E-state index contributed by atoms with van der Waals surface area (Å²) in [5.41, 5.74) is 0. The van der Waals surface area contributed by atoms with Gasteiger partial charge in [0.05, 0.1) is 5.92 Å². The van der Waals surface area contributed by atoms with Crippen molar-refractivity contribution in [3.63, 3.8) is 0 Å². The van der Waals surface area contributed by atoms with Crippen molar-refractivity contribution in [1.29, 1.82) is 0 Å². The second-order valence-electron chi connectivity index (χ2n) is 3.07. The Balaban J connectivity index is 0.00000121. The molecular weight excluding hydrogens is 178 g/mol. The number of nitrogens with one attached hydrogen (secondary N) is 1. The Hall–Kier alpha value is -0.280. The second-order valence-corrected chi connectivity index (χ2v) is 3.07. The Morgan fingerprint density at radius 1 is 1.25 bits per heavy atom. The summed E-state index contributed by atoms with van der Waals surface area (Å²) >= 11 is 0. The Labute approximate surface area is 78.9 Å². The fourth-order valence-corrected chi connectivity index (χ4v) is 1.46. The van der Waals surface area contributed by atoms with Gasteiger partial charge in [-0.3, -0.25) is 4.79 Å². The van der Waals surface area contributed by atoms with E-state index in [0.29, 0.717) is 0 Å². The van der Waals surface area contributed by atoms with Crippen molar-refractivity contribution in [3.8, 4) is 0 Å². The standard InChI is InChI=1S/C8H15NO2.ClH/c10-8(11)7-3-1-5-9-6-2-4-7;/h7,9H,1-6H2,(H,10,11);1H. The largest absolute Gasteiger partial charge is 0.481 e. The molecule has 1 aliphatic heterocycles. The first-order valence-electron chi connectivity index (χ1n) is 4.24. The topological polar surface area (TPSA) is 49.3 Å². The molecule has 0 aromatic heterocycles. The van der Waals surface area contributed by atoms with Crippen LogP contribution in [0.3, 0.4) is 0 Å². The van der Waals surface area contributed by atoms with E-state index in [2.05, 4.69) is 5.32 Å². The first-order chi connectivity index (χ1) is 5.30. The van der Waals surface area contributed by atoms with Gasteiger partial charge in [0, 0.05) is 0 Å². The van der Waals surface area contributed by atoms with Crippen molar-refractivity contribution in [1.82, 2.24) is 5.32 Å². The number of carboxylic acid groups (broad SMARTS) is 1. The van der Waals surface area contributed by atoms with E-state index in [1.54, 1.807) is 0 Å².